The molecule has 4 N–H and O–H groups in total. The minimum Gasteiger partial charge on any atom is -0.480 e. The maximum atomic E-state index is 12.6. The van der Waals surface area contributed by atoms with Crippen LogP contribution in [0.3, 0.4) is 0 Å². The van der Waals surface area contributed by atoms with Crippen molar-refractivity contribution in [3.63, 3.8) is 0 Å². The zero-order valence-corrected chi connectivity index (χ0v) is 19.3. The van der Waals surface area contributed by atoms with E-state index >= 15 is 0 Å². The van der Waals surface area contributed by atoms with Crippen LogP contribution < -0.4 is 14.7 Å². The number of anilines is 1. The molecule has 0 aliphatic carbocycles. The number of halogens is 2. The Bertz CT molecular complexity index is 945. The van der Waals surface area contributed by atoms with Crippen LogP contribution in [0.15, 0.2) is 48.5 Å². The highest BCUT2D eigenvalue weighted by molar-refractivity contribution is 7.46. The largest absolute Gasteiger partial charge is 0.524 e. The summed E-state index contributed by atoms with van der Waals surface area (Å²) in [5.41, 5.74) is 1.67. The Kier molecular flexibility index (Phi) is 9.81. The first-order valence-corrected chi connectivity index (χ1v) is 12.1. The average molecular weight is 505 g/mol. The molecule has 0 aliphatic rings. The van der Waals surface area contributed by atoms with Gasteiger partial charge in [0.25, 0.3) is 5.91 Å². The highest BCUT2D eigenvalue weighted by Crippen LogP contribution is 2.37. The van der Waals surface area contributed by atoms with Gasteiger partial charge >= 0.3 is 13.8 Å². The van der Waals surface area contributed by atoms with Gasteiger partial charge in [0, 0.05) is 42.5 Å². The molecule has 2 rings (SSSR count). The van der Waals surface area contributed by atoms with Crippen molar-refractivity contribution < 1.29 is 33.6 Å². The number of alkyl halides is 2. The number of phosphoric ester groups is 1. The van der Waals surface area contributed by atoms with Gasteiger partial charge in [0.1, 0.15) is 11.8 Å². The summed E-state index contributed by atoms with van der Waals surface area (Å²) in [6.07, 6.45) is -0.0332. The summed E-state index contributed by atoms with van der Waals surface area (Å²) < 4.78 is 15.3. The highest BCUT2D eigenvalue weighted by Gasteiger charge is 2.22. The van der Waals surface area contributed by atoms with Crippen molar-refractivity contribution in [3.05, 3.63) is 59.7 Å². The fraction of sp³-hybridized carbons (Fsp3) is 0.300. The second-order valence-electron chi connectivity index (χ2n) is 6.71. The summed E-state index contributed by atoms with van der Waals surface area (Å²) in [5.74, 6) is -0.986. The van der Waals surface area contributed by atoms with Crippen molar-refractivity contribution in [2.24, 2.45) is 0 Å². The van der Waals surface area contributed by atoms with Crippen LogP contribution in [0.25, 0.3) is 0 Å². The first kappa shape index (κ1) is 26.0. The van der Waals surface area contributed by atoms with Crippen LogP contribution >= 0.6 is 31.0 Å². The average Bonchev–Trinajstić information content (AvgIpc) is 2.73. The second kappa shape index (κ2) is 12.1. The van der Waals surface area contributed by atoms with Crippen LogP contribution in [0.5, 0.6) is 5.75 Å². The number of carboxylic acid groups (broad SMARTS) is 1. The minimum absolute atomic E-state index is 0.0332. The maximum absolute atomic E-state index is 12.6. The standard InChI is InChI=1S/C20H23Cl2N2O7P/c21-9-11-24(12-10-22)16-5-3-15(4-6-16)19(25)23-18(20(26)27)13-14-1-7-17(8-2-14)31-32(28,29)30/h1-8,18H,9-13H2,(H,23,25)(H,26,27)(H2,28,29,30)/t18-/m1/s1. The van der Waals surface area contributed by atoms with Gasteiger partial charge < -0.3 is 19.8 Å². The number of aliphatic carboxylic acids is 1. The molecule has 9 nitrogen and oxygen atoms in total. The molecule has 1 atom stereocenters. The Balaban J connectivity index is 2.05. The molecule has 2 aromatic rings. The molecule has 0 bridgehead atoms. The fourth-order valence-electron chi connectivity index (χ4n) is 2.90. The number of rotatable bonds is 12. The van der Waals surface area contributed by atoms with E-state index in [2.05, 4.69) is 9.84 Å². The quantitative estimate of drug-likeness (QED) is 0.256. The summed E-state index contributed by atoms with van der Waals surface area (Å²) in [4.78, 5) is 43.8. The number of carboxylic acids is 1. The molecule has 0 spiro atoms. The molecule has 0 fully saturated rings. The van der Waals surface area contributed by atoms with Crippen LogP contribution in [-0.4, -0.2) is 57.7 Å². The predicted octanol–water partition coefficient (Wildman–Crippen LogP) is 2.87. The van der Waals surface area contributed by atoms with E-state index in [4.69, 9.17) is 33.0 Å². The number of nitrogens with zero attached hydrogens (tertiary/aromatic N) is 1. The molecule has 0 saturated carbocycles. The number of phosphoric acid groups is 1. The van der Waals surface area contributed by atoms with Gasteiger partial charge in [0.15, 0.2) is 0 Å². The van der Waals surface area contributed by atoms with Gasteiger partial charge in [-0.25, -0.2) is 9.36 Å². The smallest absolute Gasteiger partial charge is 0.480 e. The van der Waals surface area contributed by atoms with Gasteiger partial charge in [-0.3, -0.25) is 14.6 Å². The van der Waals surface area contributed by atoms with Crippen LogP contribution in [0, 0.1) is 0 Å². The van der Waals surface area contributed by atoms with E-state index in [0.717, 1.165) is 5.69 Å². The summed E-state index contributed by atoms with van der Waals surface area (Å²) in [5, 5.41) is 12.0. The Morgan fingerprint density at radius 2 is 1.56 bits per heavy atom. The summed E-state index contributed by atoms with van der Waals surface area (Å²) in [6.45, 7) is 1.19. The monoisotopic (exact) mass is 504 g/mol. The molecule has 0 aliphatic heterocycles. The molecular weight excluding hydrogens is 482 g/mol. The number of nitrogens with one attached hydrogen (secondary N) is 1. The Hall–Kier alpha value is -2.29. The Morgan fingerprint density at radius 3 is 2.03 bits per heavy atom. The Morgan fingerprint density at radius 1 is 1.00 bits per heavy atom. The molecule has 0 heterocycles. The van der Waals surface area contributed by atoms with E-state index in [1.165, 1.54) is 24.3 Å². The van der Waals surface area contributed by atoms with Gasteiger partial charge in [0.05, 0.1) is 0 Å². The number of carbonyl (C=O) groups excluding carboxylic acids is 1. The summed E-state index contributed by atoms with van der Waals surface area (Å²) in [6, 6.07) is 11.0. The van der Waals surface area contributed by atoms with Crippen LogP contribution in [-0.2, 0) is 15.8 Å². The first-order chi connectivity index (χ1) is 15.1. The molecule has 0 unspecified atom stereocenters. The number of carbonyl (C=O) groups is 2. The van der Waals surface area contributed by atoms with Crippen molar-refractivity contribution in [2.75, 3.05) is 29.7 Å². The number of amides is 1. The van der Waals surface area contributed by atoms with E-state index in [9.17, 15) is 19.3 Å². The van der Waals surface area contributed by atoms with Gasteiger partial charge in [-0.1, -0.05) is 12.1 Å². The number of hydrogen-bond donors (Lipinski definition) is 4. The van der Waals surface area contributed by atoms with Crippen LogP contribution in [0.2, 0.25) is 0 Å². The first-order valence-electron chi connectivity index (χ1n) is 9.47. The number of hydrogen-bond acceptors (Lipinski definition) is 5. The van der Waals surface area contributed by atoms with Crippen molar-refractivity contribution in [2.45, 2.75) is 12.5 Å². The van der Waals surface area contributed by atoms with Gasteiger partial charge in [0.2, 0.25) is 0 Å². The molecule has 12 heteroatoms. The van der Waals surface area contributed by atoms with E-state index in [-0.39, 0.29) is 12.2 Å². The van der Waals surface area contributed by atoms with E-state index in [0.29, 0.717) is 36.0 Å². The lowest BCUT2D eigenvalue weighted by molar-refractivity contribution is -0.139. The predicted molar refractivity (Wildman–Crippen MR) is 122 cm³/mol. The SMILES string of the molecule is O=C(N[C@H](Cc1ccc(OP(=O)(O)O)cc1)C(=O)O)c1ccc(N(CCCl)CCCl)cc1. The molecule has 0 radical (unpaired) electrons. The zero-order chi connectivity index (χ0) is 23.7. The third-order valence-electron chi connectivity index (χ3n) is 4.39. The lowest BCUT2D eigenvalue weighted by Crippen LogP contribution is -2.42. The molecule has 1 amide bonds. The molecule has 174 valence electrons. The molecule has 2 aromatic carbocycles. The lowest BCUT2D eigenvalue weighted by Gasteiger charge is -2.23. The van der Waals surface area contributed by atoms with Gasteiger partial charge in [-0.15, -0.1) is 23.2 Å². The zero-order valence-electron chi connectivity index (χ0n) is 16.9. The van der Waals surface area contributed by atoms with Crippen molar-refractivity contribution in [1.29, 1.82) is 0 Å². The van der Waals surface area contributed by atoms with Crippen molar-refractivity contribution in [3.8, 4) is 5.75 Å². The normalized spacial score (nSPS) is 12.1. The van der Waals surface area contributed by atoms with Crippen molar-refractivity contribution in [1.82, 2.24) is 5.32 Å². The fourth-order valence-corrected chi connectivity index (χ4v) is 3.70. The molecule has 32 heavy (non-hydrogen) atoms. The number of benzene rings is 2. The highest BCUT2D eigenvalue weighted by atomic mass is 35.5. The van der Waals surface area contributed by atoms with Crippen LogP contribution in [0.1, 0.15) is 15.9 Å². The van der Waals surface area contributed by atoms with E-state index < -0.39 is 25.7 Å². The summed E-state index contributed by atoms with van der Waals surface area (Å²) in [7, 11) is -4.68. The van der Waals surface area contributed by atoms with E-state index in [1.807, 2.05) is 4.90 Å². The minimum atomic E-state index is -4.68. The van der Waals surface area contributed by atoms with Gasteiger partial charge in [-0.2, -0.15) is 0 Å². The molecule has 0 saturated heterocycles. The molecular formula is C20H23Cl2N2O7P. The molecule has 0 aromatic heterocycles. The van der Waals surface area contributed by atoms with Crippen LogP contribution in [0.4, 0.5) is 5.69 Å². The lowest BCUT2D eigenvalue weighted by atomic mass is 10.1. The van der Waals surface area contributed by atoms with E-state index in [1.54, 1.807) is 24.3 Å². The summed E-state index contributed by atoms with van der Waals surface area (Å²) >= 11 is 11.6. The van der Waals surface area contributed by atoms with Gasteiger partial charge in [-0.05, 0) is 42.0 Å². The third-order valence-corrected chi connectivity index (χ3v) is 5.18. The third kappa shape index (κ3) is 8.33. The second-order valence-corrected chi connectivity index (χ2v) is 8.63. The topological polar surface area (TPSA) is 136 Å². The van der Waals surface area contributed by atoms with Crippen molar-refractivity contribution >= 4 is 48.6 Å². The Labute approximate surface area is 195 Å². The maximum Gasteiger partial charge on any atom is 0.524 e.